The van der Waals surface area contributed by atoms with Crippen molar-refractivity contribution in [1.82, 2.24) is 0 Å². The number of nitrogens with zero attached hydrogens (tertiary/aromatic N) is 1. The van der Waals surface area contributed by atoms with E-state index in [0.29, 0.717) is 0 Å². The monoisotopic (exact) mass is 307 g/mol. The third-order valence-corrected chi connectivity index (χ3v) is 3.99. The van der Waals surface area contributed by atoms with Crippen molar-refractivity contribution in [2.45, 2.75) is 12.8 Å². The van der Waals surface area contributed by atoms with Crippen LogP contribution in [0.25, 0.3) is 0 Å². The SMILES string of the molecule is C=C(/C=C\C(=C/C)S(N)(=O)=O)[C@@H]1[C@@H](/C(N)=N/O)C1(F)F. The number of alkyl halides is 2. The predicted molar refractivity (Wildman–Crippen MR) is 70.5 cm³/mol. The molecule has 0 bridgehead atoms. The minimum atomic E-state index is -3.92. The van der Waals surface area contributed by atoms with Gasteiger partial charge in [-0.1, -0.05) is 23.9 Å². The smallest absolute Gasteiger partial charge is 0.266 e. The van der Waals surface area contributed by atoms with Gasteiger partial charge >= 0.3 is 0 Å². The molecular weight excluding hydrogens is 292 g/mol. The van der Waals surface area contributed by atoms with E-state index in [4.69, 9.17) is 16.1 Å². The molecule has 0 unspecified atom stereocenters. The van der Waals surface area contributed by atoms with Gasteiger partial charge in [0.1, 0.15) is 5.84 Å². The Morgan fingerprint density at radius 1 is 1.40 bits per heavy atom. The van der Waals surface area contributed by atoms with Gasteiger partial charge in [0.15, 0.2) is 0 Å². The summed E-state index contributed by atoms with van der Waals surface area (Å²) in [5.74, 6) is -6.52. The summed E-state index contributed by atoms with van der Waals surface area (Å²) in [6, 6.07) is 0. The Morgan fingerprint density at radius 2 is 1.95 bits per heavy atom. The van der Waals surface area contributed by atoms with Crippen LogP contribution >= 0.6 is 0 Å². The van der Waals surface area contributed by atoms with Crippen molar-refractivity contribution >= 4 is 15.9 Å². The van der Waals surface area contributed by atoms with Crippen molar-refractivity contribution in [1.29, 1.82) is 0 Å². The molecule has 5 N–H and O–H groups in total. The first-order valence-corrected chi connectivity index (χ1v) is 7.03. The molecule has 0 radical (unpaired) electrons. The van der Waals surface area contributed by atoms with Gasteiger partial charge in [-0.05, 0) is 18.6 Å². The van der Waals surface area contributed by atoms with Crippen molar-refractivity contribution in [3.63, 3.8) is 0 Å². The van der Waals surface area contributed by atoms with Crippen LogP contribution in [0.2, 0.25) is 0 Å². The fraction of sp³-hybridized carbons (Fsp3) is 0.364. The molecule has 0 aromatic heterocycles. The first-order valence-electron chi connectivity index (χ1n) is 5.48. The fourth-order valence-corrected chi connectivity index (χ4v) is 2.45. The van der Waals surface area contributed by atoms with Gasteiger partial charge in [0.05, 0.1) is 16.7 Å². The van der Waals surface area contributed by atoms with E-state index < -0.39 is 33.6 Å². The molecule has 1 fully saturated rings. The molecule has 1 aliphatic rings. The number of hydrogen-bond donors (Lipinski definition) is 3. The van der Waals surface area contributed by atoms with Gasteiger partial charge in [-0.15, -0.1) is 0 Å². The lowest BCUT2D eigenvalue weighted by molar-refractivity contribution is 0.0975. The number of sulfonamides is 1. The summed E-state index contributed by atoms with van der Waals surface area (Å²) in [4.78, 5) is -0.219. The highest BCUT2D eigenvalue weighted by atomic mass is 32.2. The zero-order valence-electron chi connectivity index (χ0n) is 10.6. The van der Waals surface area contributed by atoms with E-state index in [1.54, 1.807) is 0 Å². The third kappa shape index (κ3) is 3.05. The molecule has 0 heterocycles. The average molecular weight is 307 g/mol. The van der Waals surface area contributed by atoms with Gasteiger partial charge in [-0.3, -0.25) is 0 Å². The highest BCUT2D eigenvalue weighted by Crippen LogP contribution is 2.58. The average Bonchev–Trinajstić information content (AvgIpc) is 2.90. The summed E-state index contributed by atoms with van der Waals surface area (Å²) < 4.78 is 49.2. The summed E-state index contributed by atoms with van der Waals surface area (Å²) in [5.41, 5.74) is 5.13. The van der Waals surface area contributed by atoms with Gasteiger partial charge in [-0.25, -0.2) is 22.3 Å². The van der Waals surface area contributed by atoms with Crippen LogP contribution in [0.5, 0.6) is 0 Å². The maximum Gasteiger partial charge on any atom is 0.266 e. The summed E-state index contributed by atoms with van der Waals surface area (Å²) in [5, 5.41) is 15.9. The number of halogens is 2. The molecule has 0 saturated heterocycles. The van der Waals surface area contributed by atoms with Crippen LogP contribution in [0.15, 0.2) is 40.4 Å². The van der Waals surface area contributed by atoms with Crippen LogP contribution in [0.1, 0.15) is 6.92 Å². The first-order chi connectivity index (χ1) is 9.07. The zero-order chi connectivity index (χ0) is 15.7. The molecule has 1 aliphatic carbocycles. The van der Waals surface area contributed by atoms with Crippen LogP contribution in [0.3, 0.4) is 0 Å². The number of oxime groups is 1. The van der Waals surface area contributed by atoms with E-state index >= 15 is 0 Å². The molecule has 0 spiro atoms. The molecule has 20 heavy (non-hydrogen) atoms. The van der Waals surface area contributed by atoms with Crippen molar-refractivity contribution < 1.29 is 22.4 Å². The molecule has 6 nitrogen and oxygen atoms in total. The van der Waals surface area contributed by atoms with Crippen molar-refractivity contribution in [2.24, 2.45) is 27.9 Å². The van der Waals surface area contributed by atoms with Gasteiger partial charge in [0.2, 0.25) is 10.0 Å². The molecule has 1 rings (SSSR count). The molecule has 2 atom stereocenters. The second kappa shape index (κ2) is 5.33. The van der Waals surface area contributed by atoms with E-state index in [1.165, 1.54) is 13.0 Å². The lowest BCUT2D eigenvalue weighted by Crippen LogP contribution is -2.18. The molecule has 0 aromatic rings. The highest BCUT2D eigenvalue weighted by molar-refractivity contribution is 7.93. The molecule has 0 aromatic carbocycles. The van der Waals surface area contributed by atoms with E-state index in [9.17, 15) is 17.2 Å². The Bertz CT molecular complexity index is 608. The maximum absolute atomic E-state index is 13.5. The van der Waals surface area contributed by atoms with E-state index in [-0.39, 0.29) is 10.5 Å². The topological polar surface area (TPSA) is 119 Å². The lowest BCUT2D eigenvalue weighted by Gasteiger charge is -1.99. The molecule has 9 heteroatoms. The largest absolute Gasteiger partial charge is 0.409 e. The summed E-state index contributed by atoms with van der Waals surface area (Å²) in [7, 11) is -3.92. The predicted octanol–water partition coefficient (Wildman–Crippen LogP) is 0.919. The molecule has 112 valence electrons. The molecule has 1 saturated carbocycles. The summed E-state index contributed by atoms with van der Waals surface area (Å²) >= 11 is 0. The van der Waals surface area contributed by atoms with Crippen LogP contribution < -0.4 is 10.9 Å². The molecule has 0 aliphatic heterocycles. The second-order valence-corrected chi connectivity index (χ2v) is 5.86. The first kappa shape index (κ1) is 16.3. The Hall–Kier alpha value is -1.74. The van der Waals surface area contributed by atoms with Crippen molar-refractivity contribution in [2.75, 3.05) is 0 Å². The van der Waals surface area contributed by atoms with Crippen LogP contribution in [0.4, 0.5) is 8.78 Å². The maximum atomic E-state index is 13.5. The lowest BCUT2D eigenvalue weighted by atomic mass is 10.1. The zero-order valence-corrected chi connectivity index (χ0v) is 11.4. The quantitative estimate of drug-likeness (QED) is 0.230. The van der Waals surface area contributed by atoms with Crippen LogP contribution in [0, 0.1) is 11.8 Å². The third-order valence-electron chi connectivity index (χ3n) is 2.96. The second-order valence-electron chi connectivity index (χ2n) is 4.30. The number of allylic oxidation sites excluding steroid dienone is 4. The Kier molecular flexibility index (Phi) is 4.35. The molecule has 0 amide bonds. The minimum Gasteiger partial charge on any atom is -0.409 e. The Labute approximate surface area is 115 Å². The van der Waals surface area contributed by atoms with E-state index in [2.05, 4.69) is 11.7 Å². The number of primary sulfonamides is 1. The van der Waals surface area contributed by atoms with E-state index in [0.717, 1.165) is 12.2 Å². The van der Waals surface area contributed by atoms with Crippen LogP contribution in [-0.4, -0.2) is 25.4 Å². The Morgan fingerprint density at radius 3 is 2.35 bits per heavy atom. The van der Waals surface area contributed by atoms with Gasteiger partial charge < -0.3 is 10.9 Å². The normalized spacial score (nSPS) is 26.8. The van der Waals surface area contributed by atoms with Gasteiger partial charge in [0.25, 0.3) is 5.92 Å². The summed E-state index contributed by atoms with van der Waals surface area (Å²) in [6.07, 6.45) is 3.43. The van der Waals surface area contributed by atoms with Gasteiger partial charge in [0, 0.05) is 0 Å². The molecular formula is C11H15F2N3O3S. The van der Waals surface area contributed by atoms with Crippen LogP contribution in [-0.2, 0) is 10.0 Å². The minimum absolute atomic E-state index is 0.0328. The fourth-order valence-electron chi connectivity index (χ4n) is 1.87. The van der Waals surface area contributed by atoms with E-state index in [1.807, 2.05) is 0 Å². The standard InChI is InChI=1S/C11H15F2N3O3S/c1-3-7(20(15,18)19)5-4-6(2)8-9(10(14)16-17)11(8,12)13/h3-5,8-9,17H,2H2,1H3,(H2,14,16)(H2,15,18,19)/b5-4-,7-3+/t8-,9+/m1/s1. The highest BCUT2D eigenvalue weighted by Gasteiger charge is 2.71. The number of amidine groups is 1. The van der Waals surface area contributed by atoms with Gasteiger partial charge in [-0.2, -0.15) is 0 Å². The number of rotatable bonds is 5. The van der Waals surface area contributed by atoms with Crippen molar-refractivity contribution in [3.8, 4) is 0 Å². The number of nitrogens with two attached hydrogens (primary N) is 2. The Balaban J connectivity index is 2.90. The summed E-state index contributed by atoms with van der Waals surface area (Å²) in [6.45, 7) is 4.89. The number of hydrogen-bond acceptors (Lipinski definition) is 4. The van der Waals surface area contributed by atoms with Crippen molar-refractivity contribution in [3.05, 3.63) is 35.3 Å².